The number of nitrogens with zero attached hydrogens (tertiary/aromatic N) is 1. The Morgan fingerprint density at radius 3 is 2.90 bits per heavy atom. The molecule has 20 heavy (non-hydrogen) atoms. The molecule has 1 amide bonds. The van der Waals surface area contributed by atoms with Crippen LogP contribution >= 0.6 is 0 Å². The number of ether oxygens (including phenoxy) is 1. The molecule has 0 aliphatic rings. The quantitative estimate of drug-likeness (QED) is 0.877. The number of rotatable bonds is 5. The van der Waals surface area contributed by atoms with Crippen LogP contribution in [0.3, 0.4) is 0 Å². The van der Waals surface area contributed by atoms with Gasteiger partial charge in [0.05, 0.1) is 12.2 Å². The van der Waals surface area contributed by atoms with E-state index in [2.05, 4.69) is 15.6 Å². The van der Waals surface area contributed by atoms with Gasteiger partial charge in [-0.05, 0) is 31.2 Å². The molecule has 0 spiro atoms. The molecule has 0 atom stereocenters. The first-order valence-corrected chi connectivity index (χ1v) is 6.41. The Labute approximate surface area is 118 Å². The fourth-order valence-corrected chi connectivity index (χ4v) is 1.82. The van der Waals surface area contributed by atoms with Crippen LogP contribution in [0.25, 0.3) is 0 Å². The number of pyridine rings is 1. The minimum atomic E-state index is -0.212. The molecule has 2 rings (SSSR count). The Morgan fingerprint density at radius 1 is 1.30 bits per heavy atom. The third-order valence-electron chi connectivity index (χ3n) is 2.69. The molecule has 0 aliphatic carbocycles. The SMILES string of the molecule is CCOc1cccc(NC(=O)c2cccnc2NC)c1. The van der Waals surface area contributed by atoms with E-state index in [1.54, 1.807) is 31.4 Å². The summed E-state index contributed by atoms with van der Waals surface area (Å²) in [6.45, 7) is 2.50. The minimum absolute atomic E-state index is 0.212. The molecule has 2 aromatic rings. The molecule has 1 aromatic heterocycles. The smallest absolute Gasteiger partial charge is 0.259 e. The van der Waals surface area contributed by atoms with Gasteiger partial charge in [-0.2, -0.15) is 0 Å². The third kappa shape index (κ3) is 3.26. The molecule has 1 heterocycles. The van der Waals surface area contributed by atoms with Crippen molar-refractivity contribution in [2.75, 3.05) is 24.3 Å². The molecule has 0 saturated carbocycles. The fourth-order valence-electron chi connectivity index (χ4n) is 1.82. The highest BCUT2D eigenvalue weighted by Crippen LogP contribution is 2.19. The van der Waals surface area contributed by atoms with Crippen LogP contribution in [-0.4, -0.2) is 24.5 Å². The van der Waals surface area contributed by atoms with Crippen LogP contribution in [0.4, 0.5) is 11.5 Å². The molecule has 0 bridgehead atoms. The van der Waals surface area contributed by atoms with Crippen molar-refractivity contribution >= 4 is 17.4 Å². The second kappa shape index (κ2) is 6.56. The van der Waals surface area contributed by atoms with Crippen molar-refractivity contribution in [1.82, 2.24) is 4.98 Å². The van der Waals surface area contributed by atoms with Crippen molar-refractivity contribution in [1.29, 1.82) is 0 Å². The van der Waals surface area contributed by atoms with Gasteiger partial charge in [0, 0.05) is 25.0 Å². The van der Waals surface area contributed by atoms with Crippen molar-refractivity contribution < 1.29 is 9.53 Å². The number of hydrogen-bond acceptors (Lipinski definition) is 4. The number of aromatic nitrogens is 1. The average Bonchev–Trinajstić information content (AvgIpc) is 2.48. The van der Waals surface area contributed by atoms with E-state index in [0.29, 0.717) is 23.7 Å². The van der Waals surface area contributed by atoms with Crippen LogP contribution in [0.5, 0.6) is 5.75 Å². The Balaban J connectivity index is 2.17. The van der Waals surface area contributed by atoms with Gasteiger partial charge in [0.2, 0.25) is 0 Å². The molecular weight excluding hydrogens is 254 g/mol. The zero-order valence-electron chi connectivity index (χ0n) is 11.5. The number of anilines is 2. The molecule has 5 heteroatoms. The summed E-state index contributed by atoms with van der Waals surface area (Å²) in [4.78, 5) is 16.3. The Hall–Kier alpha value is -2.56. The van der Waals surface area contributed by atoms with Crippen LogP contribution in [-0.2, 0) is 0 Å². The Kier molecular flexibility index (Phi) is 4.55. The van der Waals surface area contributed by atoms with Crippen molar-refractivity contribution in [3.8, 4) is 5.75 Å². The second-order valence-corrected chi connectivity index (χ2v) is 4.06. The summed E-state index contributed by atoms with van der Waals surface area (Å²) >= 11 is 0. The van der Waals surface area contributed by atoms with E-state index in [0.717, 1.165) is 5.75 Å². The summed E-state index contributed by atoms with van der Waals surface area (Å²) in [6.07, 6.45) is 1.64. The molecule has 0 saturated heterocycles. The van der Waals surface area contributed by atoms with Crippen molar-refractivity contribution in [2.24, 2.45) is 0 Å². The molecule has 104 valence electrons. The summed E-state index contributed by atoms with van der Waals surface area (Å²) in [5.74, 6) is 1.06. The lowest BCUT2D eigenvalue weighted by Crippen LogP contribution is -2.14. The number of benzene rings is 1. The summed E-state index contributed by atoms with van der Waals surface area (Å²) in [5, 5.41) is 5.73. The van der Waals surface area contributed by atoms with Crippen molar-refractivity contribution in [3.63, 3.8) is 0 Å². The summed E-state index contributed by atoms with van der Waals surface area (Å²) in [5.41, 5.74) is 1.18. The van der Waals surface area contributed by atoms with Gasteiger partial charge >= 0.3 is 0 Å². The molecule has 0 unspecified atom stereocenters. The topological polar surface area (TPSA) is 63.2 Å². The molecule has 2 N–H and O–H groups in total. The number of carbonyl (C=O) groups is 1. The van der Waals surface area contributed by atoms with E-state index in [1.165, 1.54) is 0 Å². The first-order valence-electron chi connectivity index (χ1n) is 6.41. The van der Waals surface area contributed by atoms with Gasteiger partial charge in [0.15, 0.2) is 0 Å². The van der Waals surface area contributed by atoms with Crippen LogP contribution < -0.4 is 15.4 Å². The Bertz CT molecular complexity index is 599. The largest absolute Gasteiger partial charge is 0.494 e. The number of carbonyl (C=O) groups excluding carboxylic acids is 1. The lowest BCUT2D eigenvalue weighted by molar-refractivity contribution is 0.102. The minimum Gasteiger partial charge on any atom is -0.494 e. The standard InChI is InChI=1S/C15H17N3O2/c1-3-20-12-7-4-6-11(10-12)18-15(19)13-8-5-9-17-14(13)16-2/h4-10H,3H2,1-2H3,(H,16,17)(H,18,19). The number of amides is 1. The maximum Gasteiger partial charge on any atom is 0.259 e. The van der Waals surface area contributed by atoms with E-state index in [9.17, 15) is 4.79 Å². The van der Waals surface area contributed by atoms with Crippen molar-refractivity contribution in [3.05, 3.63) is 48.2 Å². The highest BCUT2D eigenvalue weighted by Gasteiger charge is 2.11. The van der Waals surface area contributed by atoms with Gasteiger partial charge in [0.1, 0.15) is 11.6 Å². The van der Waals surface area contributed by atoms with Crippen LogP contribution in [0.2, 0.25) is 0 Å². The van der Waals surface area contributed by atoms with Crippen LogP contribution in [0, 0.1) is 0 Å². The first kappa shape index (κ1) is 13.9. The maximum absolute atomic E-state index is 12.2. The molecule has 0 radical (unpaired) electrons. The highest BCUT2D eigenvalue weighted by molar-refractivity contribution is 6.07. The van der Waals surface area contributed by atoms with Gasteiger partial charge in [-0.25, -0.2) is 4.98 Å². The summed E-state index contributed by atoms with van der Waals surface area (Å²) in [7, 11) is 1.73. The van der Waals surface area contributed by atoms with E-state index < -0.39 is 0 Å². The van der Waals surface area contributed by atoms with Crippen LogP contribution in [0.1, 0.15) is 17.3 Å². The zero-order valence-corrected chi connectivity index (χ0v) is 11.5. The Morgan fingerprint density at radius 2 is 2.15 bits per heavy atom. The predicted molar refractivity (Wildman–Crippen MR) is 79.3 cm³/mol. The third-order valence-corrected chi connectivity index (χ3v) is 2.69. The van der Waals surface area contributed by atoms with E-state index >= 15 is 0 Å². The monoisotopic (exact) mass is 271 g/mol. The van der Waals surface area contributed by atoms with E-state index in [4.69, 9.17) is 4.74 Å². The average molecular weight is 271 g/mol. The molecule has 5 nitrogen and oxygen atoms in total. The van der Waals surface area contributed by atoms with Gasteiger partial charge in [-0.15, -0.1) is 0 Å². The second-order valence-electron chi connectivity index (χ2n) is 4.06. The number of nitrogens with one attached hydrogen (secondary N) is 2. The highest BCUT2D eigenvalue weighted by atomic mass is 16.5. The molecular formula is C15H17N3O2. The van der Waals surface area contributed by atoms with Crippen molar-refractivity contribution in [2.45, 2.75) is 6.92 Å². The van der Waals surface area contributed by atoms with Gasteiger partial charge in [-0.1, -0.05) is 6.07 Å². The lowest BCUT2D eigenvalue weighted by atomic mass is 10.2. The first-order chi connectivity index (χ1) is 9.74. The molecule has 0 fully saturated rings. The normalized spacial score (nSPS) is 9.90. The van der Waals surface area contributed by atoms with Gasteiger partial charge < -0.3 is 15.4 Å². The summed E-state index contributed by atoms with van der Waals surface area (Å²) < 4.78 is 5.40. The number of hydrogen-bond donors (Lipinski definition) is 2. The van der Waals surface area contributed by atoms with E-state index in [-0.39, 0.29) is 5.91 Å². The lowest BCUT2D eigenvalue weighted by Gasteiger charge is -2.10. The van der Waals surface area contributed by atoms with Gasteiger partial charge in [0.25, 0.3) is 5.91 Å². The molecule has 1 aromatic carbocycles. The fraction of sp³-hybridized carbons (Fsp3) is 0.200. The van der Waals surface area contributed by atoms with Crippen LogP contribution in [0.15, 0.2) is 42.6 Å². The molecule has 0 aliphatic heterocycles. The van der Waals surface area contributed by atoms with Gasteiger partial charge in [-0.3, -0.25) is 4.79 Å². The predicted octanol–water partition coefficient (Wildman–Crippen LogP) is 2.77. The van der Waals surface area contributed by atoms with E-state index in [1.807, 2.05) is 25.1 Å². The summed E-state index contributed by atoms with van der Waals surface area (Å²) in [6, 6.07) is 10.7. The zero-order chi connectivity index (χ0) is 14.4. The maximum atomic E-state index is 12.2.